The van der Waals surface area contributed by atoms with Crippen molar-refractivity contribution in [1.29, 1.82) is 5.41 Å². The van der Waals surface area contributed by atoms with E-state index in [9.17, 15) is 4.79 Å². The molecule has 1 rings (SSSR count). The highest BCUT2D eigenvalue weighted by molar-refractivity contribution is 9.10. The summed E-state index contributed by atoms with van der Waals surface area (Å²) in [4.78, 5) is 15.8. The number of hydrogen-bond donors (Lipinski definition) is 2. The molecule has 1 aromatic rings. The van der Waals surface area contributed by atoms with E-state index in [1.807, 2.05) is 13.0 Å². The van der Waals surface area contributed by atoms with Crippen molar-refractivity contribution in [1.82, 2.24) is 4.98 Å². The molecule has 110 valence electrons. The lowest BCUT2D eigenvalue weighted by Gasteiger charge is -2.21. The Morgan fingerprint density at radius 1 is 1.50 bits per heavy atom. The van der Waals surface area contributed by atoms with Crippen LogP contribution in [0.2, 0.25) is 0 Å². The Labute approximate surface area is 127 Å². The number of hydrogen-bond acceptors (Lipinski definition) is 5. The van der Waals surface area contributed by atoms with E-state index in [1.165, 1.54) is 0 Å². The largest absolute Gasteiger partial charge is 0.456 e. The number of esters is 1. The van der Waals surface area contributed by atoms with Crippen LogP contribution in [0.1, 0.15) is 34.1 Å². The Morgan fingerprint density at radius 2 is 2.15 bits per heavy atom. The highest BCUT2D eigenvalue weighted by Gasteiger charge is 2.21. The third kappa shape index (κ3) is 6.14. The fourth-order valence-corrected chi connectivity index (χ4v) is 1.92. The molecule has 1 atom stereocenters. The zero-order chi connectivity index (χ0) is 15.3. The van der Waals surface area contributed by atoms with Gasteiger partial charge in [0.05, 0.1) is 11.9 Å². The number of anilines is 1. The fourth-order valence-electron chi connectivity index (χ4n) is 1.56. The normalized spacial score (nSPS) is 12.7. The summed E-state index contributed by atoms with van der Waals surface area (Å²) < 4.78 is 6.03. The SMILES string of the molecule is C[C@@H](CC(=N)C(=O)OC(C)(C)C)Nc1cncc(Br)c1. The van der Waals surface area contributed by atoms with E-state index < -0.39 is 11.6 Å². The Hall–Kier alpha value is -1.43. The highest BCUT2D eigenvalue weighted by Crippen LogP contribution is 2.15. The first-order valence-corrected chi connectivity index (χ1v) is 7.14. The van der Waals surface area contributed by atoms with Crippen molar-refractivity contribution >= 4 is 33.3 Å². The van der Waals surface area contributed by atoms with Crippen LogP contribution < -0.4 is 5.32 Å². The van der Waals surface area contributed by atoms with Crippen molar-refractivity contribution in [3.05, 3.63) is 22.9 Å². The summed E-state index contributed by atoms with van der Waals surface area (Å²) in [6.07, 6.45) is 3.68. The van der Waals surface area contributed by atoms with Gasteiger partial charge in [-0.2, -0.15) is 0 Å². The summed E-state index contributed by atoms with van der Waals surface area (Å²) in [6, 6.07) is 1.83. The van der Waals surface area contributed by atoms with Crippen molar-refractivity contribution < 1.29 is 9.53 Å². The van der Waals surface area contributed by atoms with Crippen LogP contribution in [0.25, 0.3) is 0 Å². The van der Waals surface area contributed by atoms with Gasteiger partial charge < -0.3 is 10.1 Å². The minimum Gasteiger partial charge on any atom is -0.456 e. The third-order valence-electron chi connectivity index (χ3n) is 2.27. The standard InChI is InChI=1S/C14H20BrN3O2/c1-9(18-11-6-10(15)7-17-8-11)5-12(16)13(19)20-14(2,3)4/h6-9,16,18H,5H2,1-4H3/t9-/m0/s1. The summed E-state index contributed by atoms with van der Waals surface area (Å²) in [7, 11) is 0. The number of ether oxygens (including phenoxy) is 1. The Kier molecular flexibility index (Phi) is 5.68. The van der Waals surface area contributed by atoms with Crippen LogP contribution in [0.4, 0.5) is 5.69 Å². The Balaban J connectivity index is 2.52. The molecule has 1 heterocycles. The van der Waals surface area contributed by atoms with Crippen LogP contribution in [0.3, 0.4) is 0 Å². The van der Waals surface area contributed by atoms with Gasteiger partial charge in [0.2, 0.25) is 0 Å². The van der Waals surface area contributed by atoms with Crippen LogP contribution in [0.15, 0.2) is 22.9 Å². The smallest absolute Gasteiger partial charge is 0.352 e. The van der Waals surface area contributed by atoms with Crippen LogP contribution in [0, 0.1) is 5.41 Å². The van der Waals surface area contributed by atoms with Crippen molar-refractivity contribution in [2.75, 3.05) is 5.32 Å². The maximum absolute atomic E-state index is 11.7. The lowest BCUT2D eigenvalue weighted by atomic mass is 10.1. The van der Waals surface area contributed by atoms with E-state index >= 15 is 0 Å². The molecule has 0 fully saturated rings. The van der Waals surface area contributed by atoms with E-state index in [1.54, 1.807) is 33.2 Å². The second-order valence-corrected chi connectivity index (χ2v) is 6.54. The molecule has 0 aromatic carbocycles. The summed E-state index contributed by atoms with van der Waals surface area (Å²) in [5.41, 5.74) is 0.223. The molecule has 0 unspecified atom stereocenters. The molecular formula is C14H20BrN3O2. The van der Waals surface area contributed by atoms with E-state index in [-0.39, 0.29) is 11.8 Å². The van der Waals surface area contributed by atoms with Gasteiger partial charge in [0.25, 0.3) is 0 Å². The van der Waals surface area contributed by atoms with E-state index in [0.29, 0.717) is 6.42 Å². The topological polar surface area (TPSA) is 75.1 Å². The average molecular weight is 342 g/mol. The molecule has 0 saturated heterocycles. The summed E-state index contributed by atoms with van der Waals surface area (Å²) in [6.45, 7) is 7.26. The Bertz CT molecular complexity index is 497. The molecule has 6 heteroatoms. The molecule has 0 aliphatic heterocycles. The zero-order valence-corrected chi connectivity index (χ0v) is 13.7. The van der Waals surface area contributed by atoms with Gasteiger partial charge in [0.1, 0.15) is 11.3 Å². The first-order chi connectivity index (χ1) is 9.17. The predicted molar refractivity (Wildman–Crippen MR) is 83.2 cm³/mol. The second-order valence-electron chi connectivity index (χ2n) is 5.62. The maximum Gasteiger partial charge on any atom is 0.352 e. The van der Waals surface area contributed by atoms with Gasteiger partial charge in [-0.15, -0.1) is 0 Å². The Morgan fingerprint density at radius 3 is 2.70 bits per heavy atom. The molecule has 0 radical (unpaired) electrons. The van der Waals surface area contributed by atoms with Crippen molar-refractivity contribution in [2.24, 2.45) is 0 Å². The number of nitrogens with one attached hydrogen (secondary N) is 2. The molecule has 5 nitrogen and oxygen atoms in total. The molecule has 0 spiro atoms. The lowest BCUT2D eigenvalue weighted by Crippen LogP contribution is -2.31. The molecule has 0 saturated carbocycles. The van der Waals surface area contributed by atoms with Gasteiger partial charge in [-0.05, 0) is 49.7 Å². The first kappa shape index (κ1) is 16.6. The second kappa shape index (κ2) is 6.83. The summed E-state index contributed by atoms with van der Waals surface area (Å²) in [5.74, 6) is -0.571. The van der Waals surface area contributed by atoms with Gasteiger partial charge in [0, 0.05) is 23.1 Å². The van der Waals surface area contributed by atoms with Gasteiger partial charge in [0.15, 0.2) is 0 Å². The molecule has 1 aromatic heterocycles. The first-order valence-electron chi connectivity index (χ1n) is 6.35. The van der Waals surface area contributed by atoms with Gasteiger partial charge in [-0.3, -0.25) is 10.4 Å². The van der Waals surface area contributed by atoms with Gasteiger partial charge in [-0.1, -0.05) is 0 Å². The minimum absolute atomic E-state index is 0.0390. The molecule has 0 aliphatic rings. The summed E-state index contributed by atoms with van der Waals surface area (Å²) >= 11 is 3.34. The van der Waals surface area contributed by atoms with Gasteiger partial charge in [-0.25, -0.2) is 4.79 Å². The van der Waals surface area contributed by atoms with Crippen molar-refractivity contribution in [2.45, 2.75) is 45.8 Å². The van der Waals surface area contributed by atoms with Crippen molar-refractivity contribution in [3.63, 3.8) is 0 Å². The number of carbonyl (C=O) groups is 1. The fraction of sp³-hybridized carbons (Fsp3) is 0.500. The van der Waals surface area contributed by atoms with E-state index in [0.717, 1.165) is 10.2 Å². The number of rotatable bonds is 5. The predicted octanol–water partition coefficient (Wildman–Crippen LogP) is 3.40. The van der Waals surface area contributed by atoms with E-state index in [4.69, 9.17) is 10.1 Å². The zero-order valence-electron chi connectivity index (χ0n) is 12.2. The number of nitrogens with zero attached hydrogens (tertiary/aromatic N) is 1. The van der Waals surface area contributed by atoms with Gasteiger partial charge >= 0.3 is 5.97 Å². The van der Waals surface area contributed by atoms with Crippen molar-refractivity contribution in [3.8, 4) is 0 Å². The number of carbonyl (C=O) groups excluding carboxylic acids is 1. The van der Waals surface area contributed by atoms with Crippen LogP contribution in [0.5, 0.6) is 0 Å². The number of aromatic nitrogens is 1. The van der Waals surface area contributed by atoms with Crippen LogP contribution in [-0.4, -0.2) is 28.3 Å². The quantitative estimate of drug-likeness (QED) is 0.635. The summed E-state index contributed by atoms with van der Waals surface area (Å²) in [5, 5.41) is 11.0. The van der Waals surface area contributed by atoms with Crippen LogP contribution in [-0.2, 0) is 9.53 Å². The molecule has 0 amide bonds. The molecule has 2 N–H and O–H groups in total. The molecular weight excluding hydrogens is 322 g/mol. The van der Waals surface area contributed by atoms with E-state index in [2.05, 4.69) is 26.2 Å². The monoisotopic (exact) mass is 341 g/mol. The molecule has 0 aliphatic carbocycles. The highest BCUT2D eigenvalue weighted by atomic mass is 79.9. The lowest BCUT2D eigenvalue weighted by molar-refractivity contribution is -0.146. The maximum atomic E-state index is 11.7. The molecule has 0 bridgehead atoms. The minimum atomic E-state index is -0.575. The average Bonchev–Trinajstić information content (AvgIpc) is 2.26. The number of pyridine rings is 1. The number of halogens is 1. The third-order valence-corrected chi connectivity index (χ3v) is 2.71. The van der Waals surface area contributed by atoms with Crippen LogP contribution >= 0.6 is 15.9 Å². The molecule has 20 heavy (non-hydrogen) atoms.